The predicted molar refractivity (Wildman–Crippen MR) is 63.5 cm³/mol. The molecule has 90 valence electrons. The van der Waals surface area contributed by atoms with Crippen LogP contribution in [0.4, 0.5) is 4.39 Å². The molecule has 1 aliphatic rings. The molecule has 3 N–H and O–H groups in total. The molecule has 3 unspecified atom stereocenters. The van der Waals surface area contributed by atoms with Crippen molar-refractivity contribution in [1.29, 1.82) is 0 Å². The van der Waals surface area contributed by atoms with Crippen LogP contribution in [-0.4, -0.2) is 0 Å². The second-order valence-electron chi connectivity index (χ2n) is 4.85. The van der Waals surface area contributed by atoms with Crippen molar-refractivity contribution in [1.82, 2.24) is 5.43 Å². The molecule has 0 radical (unpaired) electrons. The Morgan fingerprint density at radius 1 is 1.47 bits per heavy atom. The molecule has 17 heavy (non-hydrogen) atoms. The van der Waals surface area contributed by atoms with Crippen LogP contribution in [0, 0.1) is 17.7 Å². The van der Waals surface area contributed by atoms with Crippen molar-refractivity contribution in [2.45, 2.75) is 19.4 Å². The summed E-state index contributed by atoms with van der Waals surface area (Å²) < 4.78 is 18.8. The molecule has 1 aromatic carbocycles. The number of hydrazine groups is 1. The fourth-order valence-corrected chi connectivity index (χ4v) is 2.42. The molecule has 3 rings (SSSR count). The third-order valence-corrected chi connectivity index (χ3v) is 3.58. The zero-order chi connectivity index (χ0) is 12.0. The van der Waals surface area contributed by atoms with E-state index in [1.807, 2.05) is 6.07 Å². The SMILES string of the molecule is CC1CC1C(NN)c1cc2cc(F)ccc2o1. The van der Waals surface area contributed by atoms with E-state index in [0.717, 1.165) is 17.6 Å². The number of nitrogens with two attached hydrogens (primary N) is 1. The lowest BCUT2D eigenvalue weighted by molar-refractivity contribution is 0.391. The zero-order valence-electron chi connectivity index (χ0n) is 9.61. The average molecular weight is 234 g/mol. The summed E-state index contributed by atoms with van der Waals surface area (Å²) in [6, 6.07) is 6.43. The number of rotatable bonds is 3. The first-order chi connectivity index (χ1) is 8.19. The molecule has 4 heteroatoms. The van der Waals surface area contributed by atoms with Crippen molar-refractivity contribution in [3.8, 4) is 0 Å². The van der Waals surface area contributed by atoms with Gasteiger partial charge in [0.05, 0.1) is 6.04 Å². The molecule has 3 atom stereocenters. The summed E-state index contributed by atoms with van der Waals surface area (Å²) in [6.07, 6.45) is 1.15. The topological polar surface area (TPSA) is 51.2 Å². The highest BCUT2D eigenvalue weighted by atomic mass is 19.1. The van der Waals surface area contributed by atoms with Crippen LogP contribution in [0.15, 0.2) is 28.7 Å². The molecular weight excluding hydrogens is 219 g/mol. The van der Waals surface area contributed by atoms with Gasteiger partial charge in [0.1, 0.15) is 17.2 Å². The van der Waals surface area contributed by atoms with Crippen molar-refractivity contribution < 1.29 is 8.81 Å². The summed E-state index contributed by atoms with van der Waals surface area (Å²) in [5.74, 6) is 7.31. The van der Waals surface area contributed by atoms with Crippen LogP contribution < -0.4 is 11.3 Å². The molecule has 0 aliphatic heterocycles. The van der Waals surface area contributed by atoms with Gasteiger partial charge in [-0.3, -0.25) is 5.84 Å². The molecule has 1 saturated carbocycles. The quantitative estimate of drug-likeness (QED) is 0.634. The van der Waals surface area contributed by atoms with E-state index in [4.69, 9.17) is 10.3 Å². The summed E-state index contributed by atoms with van der Waals surface area (Å²) >= 11 is 0. The Hall–Kier alpha value is -1.39. The number of benzene rings is 1. The highest BCUT2D eigenvalue weighted by Crippen LogP contribution is 2.47. The maximum atomic E-state index is 13.1. The Labute approximate surface area is 98.8 Å². The van der Waals surface area contributed by atoms with Crippen LogP contribution in [0.2, 0.25) is 0 Å². The smallest absolute Gasteiger partial charge is 0.134 e. The van der Waals surface area contributed by atoms with Gasteiger partial charge in [0, 0.05) is 5.39 Å². The third-order valence-electron chi connectivity index (χ3n) is 3.58. The van der Waals surface area contributed by atoms with E-state index < -0.39 is 0 Å². The maximum Gasteiger partial charge on any atom is 0.134 e. The molecule has 3 nitrogen and oxygen atoms in total. The Kier molecular flexibility index (Phi) is 2.42. The minimum absolute atomic E-state index is 0.0282. The van der Waals surface area contributed by atoms with Gasteiger partial charge in [0.2, 0.25) is 0 Å². The first-order valence-corrected chi connectivity index (χ1v) is 5.84. The van der Waals surface area contributed by atoms with E-state index in [0.29, 0.717) is 17.4 Å². The van der Waals surface area contributed by atoms with Gasteiger partial charge >= 0.3 is 0 Å². The Balaban J connectivity index is 1.99. The fourth-order valence-electron chi connectivity index (χ4n) is 2.42. The molecule has 2 aromatic rings. The highest BCUT2D eigenvalue weighted by molar-refractivity contribution is 5.78. The number of hydrogen-bond acceptors (Lipinski definition) is 3. The van der Waals surface area contributed by atoms with E-state index in [1.165, 1.54) is 12.1 Å². The first-order valence-electron chi connectivity index (χ1n) is 5.84. The molecule has 1 aromatic heterocycles. The van der Waals surface area contributed by atoms with Crippen molar-refractivity contribution in [3.63, 3.8) is 0 Å². The van der Waals surface area contributed by atoms with E-state index in [9.17, 15) is 4.39 Å². The lowest BCUT2D eigenvalue weighted by Gasteiger charge is -2.11. The summed E-state index contributed by atoms with van der Waals surface area (Å²) in [5, 5.41) is 0.786. The minimum Gasteiger partial charge on any atom is -0.459 e. The molecule has 1 aliphatic carbocycles. The first kappa shape index (κ1) is 10.7. The van der Waals surface area contributed by atoms with Gasteiger partial charge in [-0.1, -0.05) is 6.92 Å². The summed E-state index contributed by atoms with van der Waals surface area (Å²) in [4.78, 5) is 0. The van der Waals surface area contributed by atoms with Crippen LogP contribution in [0.5, 0.6) is 0 Å². The predicted octanol–water partition coefficient (Wildman–Crippen LogP) is 2.73. The number of halogens is 1. The fraction of sp³-hybridized carbons (Fsp3) is 0.385. The van der Waals surface area contributed by atoms with Gasteiger partial charge in [0.15, 0.2) is 0 Å². The molecule has 0 saturated heterocycles. The molecule has 0 bridgehead atoms. The van der Waals surface area contributed by atoms with Gasteiger partial charge < -0.3 is 4.42 Å². The molecule has 1 fully saturated rings. The van der Waals surface area contributed by atoms with Gasteiger partial charge in [-0.25, -0.2) is 9.82 Å². The van der Waals surface area contributed by atoms with Crippen LogP contribution in [0.25, 0.3) is 11.0 Å². The Bertz CT molecular complexity index is 551. The van der Waals surface area contributed by atoms with Gasteiger partial charge in [-0.15, -0.1) is 0 Å². The molecule has 0 spiro atoms. The van der Waals surface area contributed by atoms with Crippen LogP contribution in [0.1, 0.15) is 25.1 Å². The molecule has 1 heterocycles. The maximum absolute atomic E-state index is 13.1. The number of fused-ring (bicyclic) bond motifs is 1. The van der Waals surface area contributed by atoms with Crippen molar-refractivity contribution in [2.24, 2.45) is 17.7 Å². The normalized spacial score (nSPS) is 25.1. The monoisotopic (exact) mass is 234 g/mol. The summed E-state index contributed by atoms with van der Waals surface area (Å²) in [6.45, 7) is 2.19. The number of nitrogens with one attached hydrogen (secondary N) is 1. The molecule has 0 amide bonds. The van der Waals surface area contributed by atoms with E-state index in [-0.39, 0.29) is 11.9 Å². The van der Waals surface area contributed by atoms with Crippen LogP contribution >= 0.6 is 0 Å². The zero-order valence-corrected chi connectivity index (χ0v) is 9.61. The van der Waals surface area contributed by atoms with Gasteiger partial charge in [0.25, 0.3) is 0 Å². The van der Waals surface area contributed by atoms with Crippen LogP contribution in [0.3, 0.4) is 0 Å². The third kappa shape index (κ3) is 1.83. The van der Waals surface area contributed by atoms with E-state index >= 15 is 0 Å². The standard InChI is InChI=1S/C13H15FN2O/c1-7-4-10(7)13(16-15)12-6-8-5-9(14)2-3-11(8)17-12/h2-3,5-7,10,13,16H,4,15H2,1H3. The summed E-state index contributed by atoms with van der Waals surface area (Å²) in [5.41, 5.74) is 3.50. The lowest BCUT2D eigenvalue weighted by Crippen LogP contribution is -2.29. The minimum atomic E-state index is -0.248. The number of furan rings is 1. The lowest BCUT2D eigenvalue weighted by atomic mass is 10.1. The summed E-state index contributed by atoms with van der Waals surface area (Å²) in [7, 11) is 0. The van der Waals surface area contributed by atoms with Gasteiger partial charge in [-0.05, 0) is 42.5 Å². The van der Waals surface area contributed by atoms with Crippen molar-refractivity contribution >= 4 is 11.0 Å². The van der Waals surface area contributed by atoms with Crippen molar-refractivity contribution in [2.75, 3.05) is 0 Å². The number of hydrogen-bond donors (Lipinski definition) is 2. The Morgan fingerprint density at radius 3 is 2.88 bits per heavy atom. The second-order valence-corrected chi connectivity index (χ2v) is 4.85. The Morgan fingerprint density at radius 2 is 2.24 bits per heavy atom. The van der Waals surface area contributed by atoms with Gasteiger partial charge in [-0.2, -0.15) is 0 Å². The van der Waals surface area contributed by atoms with Crippen molar-refractivity contribution in [3.05, 3.63) is 35.8 Å². The second kappa shape index (κ2) is 3.82. The average Bonchev–Trinajstić information content (AvgIpc) is 2.87. The highest BCUT2D eigenvalue weighted by Gasteiger charge is 2.41. The van der Waals surface area contributed by atoms with E-state index in [1.54, 1.807) is 6.07 Å². The van der Waals surface area contributed by atoms with Crippen LogP contribution in [-0.2, 0) is 0 Å². The molecular formula is C13H15FN2O. The largest absolute Gasteiger partial charge is 0.459 e. The van der Waals surface area contributed by atoms with E-state index in [2.05, 4.69) is 12.3 Å².